The number of amides is 2. The van der Waals surface area contributed by atoms with Gasteiger partial charge >= 0.3 is 18.4 Å². The zero-order valence-corrected chi connectivity index (χ0v) is 18.5. The highest BCUT2D eigenvalue weighted by Gasteiger charge is 2.33. The summed E-state index contributed by atoms with van der Waals surface area (Å²) in [6, 6.07) is 10.5. The summed E-state index contributed by atoms with van der Waals surface area (Å²) in [6.45, 7) is 2.18. The fraction of sp³-hybridized carbons (Fsp3) is 0.480. The van der Waals surface area contributed by atoms with Crippen LogP contribution in [0.2, 0.25) is 0 Å². The van der Waals surface area contributed by atoms with Crippen molar-refractivity contribution in [2.45, 2.75) is 49.9 Å². The van der Waals surface area contributed by atoms with Crippen LogP contribution in [0.25, 0.3) is 0 Å². The van der Waals surface area contributed by atoms with Crippen molar-refractivity contribution in [2.75, 3.05) is 26.2 Å². The van der Waals surface area contributed by atoms with E-state index < -0.39 is 23.5 Å². The molecule has 34 heavy (non-hydrogen) atoms. The van der Waals surface area contributed by atoms with Gasteiger partial charge < -0.3 is 9.80 Å². The number of urea groups is 1. The van der Waals surface area contributed by atoms with Crippen molar-refractivity contribution in [2.24, 2.45) is 0 Å². The smallest absolute Gasteiger partial charge is 0.325 e. The van der Waals surface area contributed by atoms with Gasteiger partial charge in [-0.2, -0.15) is 26.3 Å². The second kappa shape index (κ2) is 9.50. The van der Waals surface area contributed by atoms with E-state index in [1.165, 1.54) is 24.3 Å². The maximum Gasteiger partial charge on any atom is 0.416 e. The number of piperidine rings is 2. The highest BCUT2D eigenvalue weighted by Crippen LogP contribution is 2.35. The Morgan fingerprint density at radius 3 is 1.15 bits per heavy atom. The van der Waals surface area contributed by atoms with Crippen LogP contribution in [0.1, 0.15) is 59.8 Å². The summed E-state index contributed by atoms with van der Waals surface area (Å²) in [7, 11) is 0. The third-order valence-corrected chi connectivity index (χ3v) is 6.95. The lowest BCUT2D eigenvalue weighted by Gasteiger charge is -2.39. The molecule has 2 aromatic rings. The van der Waals surface area contributed by atoms with Crippen LogP contribution >= 0.6 is 0 Å². The molecule has 2 aliphatic heterocycles. The monoisotopic (exact) mass is 484 g/mol. The predicted octanol–water partition coefficient (Wildman–Crippen LogP) is 6.90. The molecule has 3 nitrogen and oxygen atoms in total. The van der Waals surface area contributed by atoms with Crippen LogP contribution in [0.4, 0.5) is 31.1 Å². The van der Waals surface area contributed by atoms with Gasteiger partial charge in [-0.05, 0) is 72.9 Å². The maximum absolute atomic E-state index is 13.0. The van der Waals surface area contributed by atoms with E-state index in [-0.39, 0.29) is 17.9 Å². The Morgan fingerprint density at radius 2 is 0.882 bits per heavy atom. The lowest BCUT2D eigenvalue weighted by Crippen LogP contribution is -2.48. The fourth-order valence-electron chi connectivity index (χ4n) is 4.90. The van der Waals surface area contributed by atoms with E-state index in [9.17, 15) is 31.1 Å². The topological polar surface area (TPSA) is 23.6 Å². The molecule has 2 saturated heterocycles. The number of nitrogens with zero attached hydrogens (tertiary/aromatic N) is 2. The Kier molecular flexibility index (Phi) is 6.82. The first-order valence-electron chi connectivity index (χ1n) is 11.4. The largest absolute Gasteiger partial charge is 0.416 e. The average molecular weight is 484 g/mol. The van der Waals surface area contributed by atoms with Crippen molar-refractivity contribution >= 4 is 6.03 Å². The van der Waals surface area contributed by atoms with E-state index in [1.807, 2.05) is 0 Å². The Balaban J connectivity index is 1.26. The molecule has 0 aliphatic carbocycles. The Hall–Kier alpha value is -2.71. The summed E-state index contributed by atoms with van der Waals surface area (Å²) in [5.74, 6) is 0.244. The number of hydrogen-bond donors (Lipinski definition) is 0. The first-order valence-corrected chi connectivity index (χ1v) is 11.4. The molecule has 0 aromatic heterocycles. The van der Waals surface area contributed by atoms with Gasteiger partial charge in [-0.25, -0.2) is 4.79 Å². The van der Waals surface area contributed by atoms with Gasteiger partial charge in [-0.3, -0.25) is 0 Å². The van der Waals surface area contributed by atoms with Crippen LogP contribution in [-0.2, 0) is 12.4 Å². The predicted molar refractivity (Wildman–Crippen MR) is 115 cm³/mol. The number of carbonyl (C=O) groups is 1. The average Bonchev–Trinajstić information content (AvgIpc) is 2.83. The number of rotatable bonds is 2. The van der Waals surface area contributed by atoms with Crippen LogP contribution in [0, 0.1) is 0 Å². The van der Waals surface area contributed by atoms with Gasteiger partial charge in [0.05, 0.1) is 11.1 Å². The SMILES string of the molecule is O=C(N1CCC(c2ccc(C(F)(F)F)cc2)CC1)N1CCC(c2ccc(C(F)(F)F)cc2)CC1. The number of alkyl halides is 6. The van der Waals surface area contributed by atoms with Gasteiger partial charge in [-0.1, -0.05) is 24.3 Å². The minimum absolute atomic E-state index is 0.0447. The minimum Gasteiger partial charge on any atom is -0.325 e. The van der Waals surface area contributed by atoms with Crippen LogP contribution in [0.5, 0.6) is 0 Å². The first-order chi connectivity index (χ1) is 16.0. The number of likely N-dealkylation sites (tertiary alicyclic amines) is 2. The van der Waals surface area contributed by atoms with Crippen molar-refractivity contribution in [1.29, 1.82) is 0 Å². The maximum atomic E-state index is 13.0. The molecule has 0 saturated carbocycles. The lowest BCUT2D eigenvalue weighted by molar-refractivity contribution is -0.138. The molecule has 2 fully saturated rings. The van der Waals surface area contributed by atoms with Gasteiger partial charge in [0.2, 0.25) is 0 Å². The van der Waals surface area contributed by atoms with Crippen molar-refractivity contribution < 1.29 is 31.1 Å². The lowest BCUT2D eigenvalue weighted by atomic mass is 9.88. The van der Waals surface area contributed by atoms with Gasteiger partial charge in [0.25, 0.3) is 0 Å². The third kappa shape index (κ3) is 5.50. The Labute approximate surface area is 194 Å². The molecule has 184 valence electrons. The van der Waals surface area contributed by atoms with Gasteiger partial charge in [0.15, 0.2) is 0 Å². The zero-order valence-electron chi connectivity index (χ0n) is 18.5. The molecule has 0 bridgehead atoms. The summed E-state index contributed by atoms with van der Waals surface area (Å²) >= 11 is 0. The van der Waals surface area contributed by atoms with Crippen molar-refractivity contribution in [3.8, 4) is 0 Å². The Bertz CT molecular complexity index is 889. The summed E-state index contributed by atoms with van der Waals surface area (Å²) < 4.78 is 76.6. The van der Waals surface area contributed by atoms with Crippen molar-refractivity contribution in [3.63, 3.8) is 0 Å². The molecule has 2 heterocycles. The quantitative estimate of drug-likeness (QED) is 0.425. The third-order valence-electron chi connectivity index (χ3n) is 6.95. The second-order valence-corrected chi connectivity index (χ2v) is 9.04. The number of hydrogen-bond acceptors (Lipinski definition) is 1. The normalized spacial score (nSPS) is 18.9. The van der Waals surface area contributed by atoms with Crippen LogP contribution in [-0.4, -0.2) is 42.0 Å². The first kappa shape index (κ1) is 24.4. The van der Waals surface area contributed by atoms with Gasteiger partial charge in [0.1, 0.15) is 0 Å². The van der Waals surface area contributed by atoms with E-state index in [1.54, 1.807) is 9.80 Å². The van der Waals surface area contributed by atoms with Gasteiger partial charge in [-0.15, -0.1) is 0 Å². The molecule has 0 radical (unpaired) electrons. The number of halogens is 6. The minimum atomic E-state index is -4.35. The van der Waals surface area contributed by atoms with E-state index >= 15 is 0 Å². The molecule has 2 aliphatic rings. The molecule has 9 heteroatoms. The molecular weight excluding hydrogens is 458 g/mol. The summed E-state index contributed by atoms with van der Waals surface area (Å²) in [6.07, 6.45) is -5.93. The van der Waals surface area contributed by atoms with E-state index in [0.29, 0.717) is 51.9 Å². The van der Waals surface area contributed by atoms with Crippen LogP contribution in [0.15, 0.2) is 48.5 Å². The second-order valence-electron chi connectivity index (χ2n) is 9.04. The zero-order chi connectivity index (χ0) is 24.5. The van der Waals surface area contributed by atoms with Gasteiger partial charge in [0, 0.05) is 26.2 Å². The van der Waals surface area contributed by atoms with E-state index in [0.717, 1.165) is 35.4 Å². The van der Waals surface area contributed by atoms with Crippen molar-refractivity contribution in [1.82, 2.24) is 9.80 Å². The Morgan fingerprint density at radius 1 is 0.588 bits per heavy atom. The summed E-state index contributed by atoms with van der Waals surface area (Å²) in [5.41, 5.74) is 0.391. The molecule has 2 amide bonds. The molecule has 0 spiro atoms. The van der Waals surface area contributed by atoms with Crippen LogP contribution in [0.3, 0.4) is 0 Å². The van der Waals surface area contributed by atoms with Crippen LogP contribution < -0.4 is 0 Å². The summed E-state index contributed by atoms with van der Waals surface area (Å²) in [4.78, 5) is 16.5. The molecule has 0 N–H and O–H groups in total. The van der Waals surface area contributed by atoms with E-state index in [4.69, 9.17) is 0 Å². The molecule has 4 rings (SSSR count). The number of carbonyl (C=O) groups excluding carboxylic acids is 1. The molecular formula is C25H26F6N2O. The van der Waals surface area contributed by atoms with Crippen molar-refractivity contribution in [3.05, 3.63) is 70.8 Å². The molecule has 0 unspecified atom stereocenters. The number of benzene rings is 2. The highest BCUT2D eigenvalue weighted by molar-refractivity contribution is 5.74. The standard InChI is InChI=1S/C25H26F6N2O/c26-24(27,28)21-5-1-17(2-6-21)19-9-13-32(14-10-19)23(34)33-15-11-20(12-16-33)18-3-7-22(8-4-18)25(29,30)31/h1-8,19-20H,9-16H2. The summed E-state index contributed by atoms with van der Waals surface area (Å²) in [5, 5.41) is 0. The fourth-order valence-corrected chi connectivity index (χ4v) is 4.90. The molecule has 2 aromatic carbocycles. The van der Waals surface area contributed by atoms with E-state index in [2.05, 4.69) is 0 Å². The molecule has 0 atom stereocenters. The highest BCUT2D eigenvalue weighted by atomic mass is 19.4.